The third-order valence-corrected chi connectivity index (χ3v) is 6.38. The van der Waals surface area contributed by atoms with E-state index in [1.54, 1.807) is 6.07 Å². The van der Waals surface area contributed by atoms with E-state index in [9.17, 15) is 22.8 Å². The molecule has 2 aromatic carbocycles. The molecule has 1 heterocycles. The molecule has 0 aromatic heterocycles. The second kappa shape index (κ2) is 7.55. The zero-order valence-electron chi connectivity index (χ0n) is 15.4. The van der Waals surface area contributed by atoms with Crippen LogP contribution in [0.2, 0.25) is 0 Å². The molecule has 1 amide bonds. The van der Waals surface area contributed by atoms with E-state index in [0.717, 1.165) is 12.5 Å². The third kappa shape index (κ3) is 3.55. The van der Waals surface area contributed by atoms with Crippen molar-refractivity contribution in [2.24, 2.45) is 0 Å². The SMILES string of the molecule is CC[C@@H](C)NC(=O)COC(=O)c1ccc2c(c1)S(=O)(=O)c1ccccc1C2=O. The van der Waals surface area contributed by atoms with Gasteiger partial charge in [-0.2, -0.15) is 0 Å². The van der Waals surface area contributed by atoms with Crippen molar-refractivity contribution in [2.45, 2.75) is 36.1 Å². The Labute approximate surface area is 162 Å². The van der Waals surface area contributed by atoms with Gasteiger partial charge >= 0.3 is 5.97 Å². The maximum absolute atomic E-state index is 12.9. The Morgan fingerprint density at radius 3 is 2.46 bits per heavy atom. The second-order valence-corrected chi connectivity index (χ2v) is 8.38. The van der Waals surface area contributed by atoms with Crippen LogP contribution in [0.15, 0.2) is 52.3 Å². The summed E-state index contributed by atoms with van der Waals surface area (Å²) in [5, 5.41) is 2.66. The van der Waals surface area contributed by atoms with Crippen LogP contribution in [-0.2, 0) is 19.4 Å². The topological polar surface area (TPSA) is 107 Å². The summed E-state index contributed by atoms with van der Waals surface area (Å²) in [5.74, 6) is -1.71. The number of hydrogen-bond acceptors (Lipinski definition) is 6. The van der Waals surface area contributed by atoms with E-state index in [1.807, 2.05) is 13.8 Å². The molecule has 0 saturated heterocycles. The second-order valence-electron chi connectivity index (χ2n) is 6.49. The number of fused-ring (bicyclic) bond motifs is 2. The average molecular weight is 401 g/mol. The fourth-order valence-corrected chi connectivity index (χ4v) is 4.52. The lowest BCUT2D eigenvalue weighted by atomic mass is 10.0. The molecule has 1 N–H and O–H groups in total. The van der Waals surface area contributed by atoms with Crippen LogP contribution in [0.1, 0.15) is 46.5 Å². The molecule has 0 saturated carbocycles. The van der Waals surface area contributed by atoms with Crippen LogP contribution in [0.4, 0.5) is 0 Å². The minimum atomic E-state index is -3.95. The predicted octanol–water partition coefficient (Wildman–Crippen LogP) is 2.14. The Hall–Kier alpha value is -3.00. The van der Waals surface area contributed by atoms with E-state index in [0.29, 0.717) is 0 Å². The molecule has 3 rings (SSSR count). The third-order valence-electron chi connectivity index (χ3n) is 4.53. The molecule has 0 radical (unpaired) electrons. The first-order chi connectivity index (χ1) is 13.3. The lowest BCUT2D eigenvalue weighted by Crippen LogP contribution is -2.35. The van der Waals surface area contributed by atoms with Gasteiger partial charge in [0, 0.05) is 17.2 Å². The molecule has 7 nitrogen and oxygen atoms in total. The molecule has 0 unspecified atom stereocenters. The molecule has 146 valence electrons. The number of ether oxygens (including phenoxy) is 1. The molecule has 0 spiro atoms. The fourth-order valence-electron chi connectivity index (χ4n) is 2.84. The summed E-state index contributed by atoms with van der Waals surface area (Å²) in [6.45, 7) is 3.25. The van der Waals surface area contributed by atoms with Gasteiger partial charge in [0.1, 0.15) is 0 Å². The molecule has 0 aliphatic carbocycles. The lowest BCUT2D eigenvalue weighted by molar-refractivity contribution is -0.124. The molecule has 1 aliphatic heterocycles. The summed E-state index contributed by atoms with van der Waals surface area (Å²) in [6, 6.07) is 9.61. The number of benzene rings is 2. The molecule has 28 heavy (non-hydrogen) atoms. The molecule has 8 heteroatoms. The van der Waals surface area contributed by atoms with Crippen LogP contribution in [-0.4, -0.2) is 38.7 Å². The average Bonchev–Trinajstić information content (AvgIpc) is 2.70. The Kier molecular flexibility index (Phi) is 5.33. The maximum Gasteiger partial charge on any atom is 0.338 e. The summed E-state index contributed by atoms with van der Waals surface area (Å²) in [7, 11) is -3.95. The normalized spacial score (nSPS) is 15.1. The van der Waals surface area contributed by atoms with Crippen LogP contribution in [0.3, 0.4) is 0 Å². The van der Waals surface area contributed by atoms with Crippen molar-refractivity contribution in [3.05, 3.63) is 59.2 Å². The first-order valence-corrected chi connectivity index (χ1v) is 10.2. The first-order valence-electron chi connectivity index (χ1n) is 8.75. The number of esters is 1. The Balaban J connectivity index is 1.86. The maximum atomic E-state index is 12.9. The highest BCUT2D eigenvalue weighted by Crippen LogP contribution is 2.34. The highest BCUT2D eigenvalue weighted by molar-refractivity contribution is 7.91. The highest BCUT2D eigenvalue weighted by Gasteiger charge is 2.35. The monoisotopic (exact) mass is 401 g/mol. The minimum Gasteiger partial charge on any atom is -0.452 e. The summed E-state index contributed by atoms with van der Waals surface area (Å²) >= 11 is 0. The van der Waals surface area contributed by atoms with Gasteiger partial charge in [-0.3, -0.25) is 9.59 Å². The molecular weight excluding hydrogens is 382 g/mol. The van der Waals surface area contributed by atoms with Crippen LogP contribution in [0.5, 0.6) is 0 Å². The minimum absolute atomic E-state index is 0.00441. The zero-order chi connectivity index (χ0) is 20.5. The lowest BCUT2D eigenvalue weighted by Gasteiger charge is -2.19. The first kappa shape index (κ1) is 19.8. The van der Waals surface area contributed by atoms with Gasteiger partial charge in [0.2, 0.25) is 9.84 Å². The molecule has 1 aliphatic rings. The van der Waals surface area contributed by atoms with E-state index in [2.05, 4.69) is 5.32 Å². The molecular formula is C20H19NO6S. The molecule has 1 atom stereocenters. The van der Waals surface area contributed by atoms with Crippen molar-refractivity contribution < 1.29 is 27.5 Å². The van der Waals surface area contributed by atoms with Gasteiger partial charge in [-0.25, -0.2) is 13.2 Å². The van der Waals surface area contributed by atoms with Crippen LogP contribution < -0.4 is 5.32 Å². The summed E-state index contributed by atoms with van der Waals surface area (Å²) in [5.41, 5.74) is 0.0580. The summed E-state index contributed by atoms with van der Waals surface area (Å²) in [4.78, 5) is 36.2. The number of carbonyl (C=O) groups is 3. The van der Waals surface area contributed by atoms with Crippen LogP contribution in [0, 0.1) is 0 Å². The number of ketones is 1. The van der Waals surface area contributed by atoms with E-state index >= 15 is 0 Å². The Morgan fingerprint density at radius 2 is 1.75 bits per heavy atom. The number of rotatable bonds is 5. The van der Waals surface area contributed by atoms with Gasteiger partial charge < -0.3 is 10.1 Å². The van der Waals surface area contributed by atoms with Crippen molar-refractivity contribution in [3.63, 3.8) is 0 Å². The largest absolute Gasteiger partial charge is 0.452 e. The van der Waals surface area contributed by atoms with Crippen LogP contribution in [0.25, 0.3) is 0 Å². The van der Waals surface area contributed by atoms with Crippen molar-refractivity contribution in [3.8, 4) is 0 Å². The predicted molar refractivity (Wildman–Crippen MR) is 99.9 cm³/mol. The number of hydrogen-bond donors (Lipinski definition) is 1. The summed E-state index contributed by atoms with van der Waals surface area (Å²) < 4.78 is 30.7. The quantitative estimate of drug-likeness (QED) is 0.657. The standard InChI is InChI=1S/C20H19NO6S/c1-3-12(2)21-18(22)11-27-20(24)13-8-9-15-17(10-13)28(25,26)16-7-5-4-6-14(16)19(15)23/h4-10,12H,3,11H2,1-2H3,(H,21,22)/t12-/m1/s1. The van der Waals surface area contributed by atoms with Gasteiger partial charge in [0.25, 0.3) is 5.91 Å². The highest BCUT2D eigenvalue weighted by atomic mass is 32.2. The molecule has 0 bridgehead atoms. The van der Waals surface area contributed by atoms with Crippen molar-refractivity contribution in [1.29, 1.82) is 0 Å². The van der Waals surface area contributed by atoms with Crippen molar-refractivity contribution >= 4 is 27.5 Å². The molecule has 0 fully saturated rings. The van der Waals surface area contributed by atoms with E-state index in [-0.39, 0.29) is 32.5 Å². The zero-order valence-corrected chi connectivity index (χ0v) is 16.2. The smallest absolute Gasteiger partial charge is 0.338 e. The number of nitrogens with one attached hydrogen (secondary N) is 1. The van der Waals surface area contributed by atoms with Crippen molar-refractivity contribution in [1.82, 2.24) is 5.32 Å². The number of carbonyl (C=O) groups excluding carboxylic acids is 3. The van der Waals surface area contributed by atoms with Gasteiger partial charge in [-0.15, -0.1) is 0 Å². The van der Waals surface area contributed by atoms with Gasteiger partial charge in [-0.05, 0) is 43.7 Å². The van der Waals surface area contributed by atoms with Crippen LogP contribution >= 0.6 is 0 Å². The Bertz CT molecular complexity index is 1070. The van der Waals surface area contributed by atoms with Gasteiger partial charge in [0.05, 0.1) is 15.4 Å². The van der Waals surface area contributed by atoms with E-state index in [4.69, 9.17) is 4.74 Å². The molecule has 2 aromatic rings. The number of sulfone groups is 1. The van der Waals surface area contributed by atoms with E-state index in [1.165, 1.54) is 30.3 Å². The fraction of sp³-hybridized carbons (Fsp3) is 0.250. The summed E-state index contributed by atoms with van der Waals surface area (Å²) in [6.07, 6.45) is 0.734. The van der Waals surface area contributed by atoms with E-state index < -0.39 is 34.1 Å². The van der Waals surface area contributed by atoms with Gasteiger partial charge in [0.15, 0.2) is 12.4 Å². The number of amides is 1. The van der Waals surface area contributed by atoms with Crippen molar-refractivity contribution in [2.75, 3.05) is 6.61 Å². The van der Waals surface area contributed by atoms with Gasteiger partial charge in [-0.1, -0.05) is 19.1 Å². The Morgan fingerprint density at radius 1 is 1.07 bits per heavy atom.